The molecule has 2 aliphatic rings. The molecular formula is C16H20ClNO3. The number of hydrogen-bond acceptors (Lipinski definition) is 3. The molecule has 21 heavy (non-hydrogen) atoms. The van der Waals surface area contributed by atoms with Crippen molar-refractivity contribution in [3.63, 3.8) is 0 Å². The summed E-state index contributed by atoms with van der Waals surface area (Å²) in [6, 6.07) is 7.76. The maximum absolute atomic E-state index is 12.2. The van der Waals surface area contributed by atoms with Crippen molar-refractivity contribution in [1.29, 1.82) is 0 Å². The largest absolute Gasteiger partial charge is 0.488 e. The Balaban J connectivity index is 1.77. The van der Waals surface area contributed by atoms with Gasteiger partial charge >= 0.3 is 0 Å². The van der Waals surface area contributed by atoms with Crippen LogP contribution < -0.4 is 9.64 Å². The highest BCUT2D eigenvalue weighted by atomic mass is 35.5. The Morgan fingerprint density at radius 2 is 2.05 bits per heavy atom. The van der Waals surface area contributed by atoms with Gasteiger partial charge in [0, 0.05) is 31.7 Å². The topological polar surface area (TPSA) is 38.8 Å². The van der Waals surface area contributed by atoms with Gasteiger partial charge < -0.3 is 14.4 Å². The summed E-state index contributed by atoms with van der Waals surface area (Å²) in [4.78, 5) is 14.0. The average molecular weight is 310 g/mol. The summed E-state index contributed by atoms with van der Waals surface area (Å²) in [5, 5.41) is 0. The minimum Gasteiger partial charge on any atom is -0.488 e. The molecule has 2 heterocycles. The van der Waals surface area contributed by atoms with Crippen molar-refractivity contribution in [3.8, 4) is 5.75 Å². The second-order valence-corrected chi connectivity index (χ2v) is 5.93. The lowest BCUT2D eigenvalue weighted by atomic mass is 10.1. The standard InChI is InChI=1S/C16H20ClNO3/c17-10-12-9-16(19)18(11-12)14-3-1-2-4-15(14)21-13-5-7-20-8-6-13/h1-4,12-13H,5-11H2. The Bertz CT molecular complexity index is 502. The van der Waals surface area contributed by atoms with Crippen LogP contribution in [0.15, 0.2) is 24.3 Å². The van der Waals surface area contributed by atoms with E-state index in [1.54, 1.807) is 0 Å². The zero-order chi connectivity index (χ0) is 14.7. The Kier molecular flexibility index (Phi) is 4.66. The van der Waals surface area contributed by atoms with E-state index < -0.39 is 0 Å². The zero-order valence-corrected chi connectivity index (χ0v) is 12.7. The molecule has 4 nitrogen and oxygen atoms in total. The Morgan fingerprint density at radius 1 is 1.29 bits per heavy atom. The molecule has 1 atom stereocenters. The fraction of sp³-hybridized carbons (Fsp3) is 0.562. The number of rotatable bonds is 4. The van der Waals surface area contributed by atoms with Gasteiger partial charge in [0.1, 0.15) is 11.9 Å². The van der Waals surface area contributed by atoms with Gasteiger partial charge in [-0.2, -0.15) is 0 Å². The van der Waals surface area contributed by atoms with Crippen LogP contribution in [0.25, 0.3) is 0 Å². The molecule has 0 radical (unpaired) electrons. The quantitative estimate of drug-likeness (QED) is 0.803. The number of ether oxygens (including phenoxy) is 2. The number of carbonyl (C=O) groups is 1. The van der Waals surface area contributed by atoms with E-state index in [-0.39, 0.29) is 17.9 Å². The fourth-order valence-corrected chi connectivity index (χ4v) is 3.08. The maximum atomic E-state index is 12.2. The predicted molar refractivity (Wildman–Crippen MR) is 82.1 cm³/mol. The molecule has 2 fully saturated rings. The van der Waals surface area contributed by atoms with Gasteiger partial charge in [-0.15, -0.1) is 11.6 Å². The van der Waals surface area contributed by atoms with E-state index in [9.17, 15) is 4.79 Å². The van der Waals surface area contributed by atoms with Crippen molar-refractivity contribution in [2.45, 2.75) is 25.4 Å². The van der Waals surface area contributed by atoms with Gasteiger partial charge in [-0.1, -0.05) is 12.1 Å². The van der Waals surface area contributed by atoms with Crippen LogP contribution >= 0.6 is 11.6 Å². The number of anilines is 1. The van der Waals surface area contributed by atoms with E-state index in [2.05, 4.69) is 0 Å². The molecule has 0 N–H and O–H groups in total. The minimum atomic E-state index is 0.128. The van der Waals surface area contributed by atoms with Gasteiger partial charge in [0.25, 0.3) is 0 Å². The van der Waals surface area contributed by atoms with E-state index in [0.717, 1.165) is 37.5 Å². The van der Waals surface area contributed by atoms with Gasteiger partial charge in [0.05, 0.1) is 18.9 Å². The van der Waals surface area contributed by atoms with Gasteiger partial charge in [-0.3, -0.25) is 4.79 Å². The monoisotopic (exact) mass is 309 g/mol. The van der Waals surface area contributed by atoms with Crippen molar-refractivity contribution in [2.24, 2.45) is 5.92 Å². The van der Waals surface area contributed by atoms with Crippen molar-refractivity contribution in [3.05, 3.63) is 24.3 Å². The van der Waals surface area contributed by atoms with Crippen molar-refractivity contribution < 1.29 is 14.3 Å². The van der Waals surface area contributed by atoms with Gasteiger partial charge in [-0.05, 0) is 18.1 Å². The molecule has 0 aromatic heterocycles. The first-order valence-electron chi connectivity index (χ1n) is 7.47. The van der Waals surface area contributed by atoms with E-state index >= 15 is 0 Å². The molecule has 1 aromatic rings. The summed E-state index contributed by atoms with van der Waals surface area (Å²) >= 11 is 5.90. The number of hydrogen-bond donors (Lipinski definition) is 0. The van der Waals surface area contributed by atoms with Crippen molar-refractivity contribution >= 4 is 23.2 Å². The van der Waals surface area contributed by atoms with E-state index in [1.807, 2.05) is 29.2 Å². The van der Waals surface area contributed by atoms with Gasteiger partial charge in [0.2, 0.25) is 5.91 Å². The second-order valence-electron chi connectivity index (χ2n) is 5.63. The highest BCUT2D eigenvalue weighted by Crippen LogP contribution is 2.34. The first-order chi connectivity index (χ1) is 10.3. The van der Waals surface area contributed by atoms with Gasteiger partial charge in [-0.25, -0.2) is 0 Å². The number of para-hydroxylation sites is 2. The molecule has 2 aliphatic heterocycles. The van der Waals surface area contributed by atoms with Crippen molar-refractivity contribution in [2.75, 3.05) is 30.5 Å². The number of halogens is 1. The molecule has 0 bridgehead atoms. The molecule has 5 heteroatoms. The van der Waals surface area contributed by atoms with Crippen LogP contribution in [0.2, 0.25) is 0 Å². The van der Waals surface area contributed by atoms with Crippen molar-refractivity contribution in [1.82, 2.24) is 0 Å². The molecule has 0 spiro atoms. The lowest BCUT2D eigenvalue weighted by Crippen LogP contribution is -2.29. The lowest BCUT2D eigenvalue weighted by molar-refractivity contribution is -0.117. The highest BCUT2D eigenvalue weighted by Gasteiger charge is 2.32. The summed E-state index contributed by atoms with van der Waals surface area (Å²) < 4.78 is 11.5. The molecular weight excluding hydrogens is 290 g/mol. The molecule has 0 saturated carbocycles. The minimum absolute atomic E-state index is 0.128. The van der Waals surface area contributed by atoms with Crippen LogP contribution in [0.4, 0.5) is 5.69 Å². The predicted octanol–water partition coefficient (Wildman–Crippen LogP) is 2.84. The van der Waals surface area contributed by atoms with E-state index in [4.69, 9.17) is 21.1 Å². The number of benzene rings is 1. The Hall–Kier alpha value is -1.26. The van der Waals surface area contributed by atoms with Crippen LogP contribution in [0.5, 0.6) is 5.75 Å². The molecule has 3 rings (SSSR count). The van der Waals surface area contributed by atoms with Gasteiger partial charge in [0.15, 0.2) is 0 Å². The zero-order valence-electron chi connectivity index (χ0n) is 12.0. The third-order valence-corrected chi connectivity index (χ3v) is 4.48. The summed E-state index contributed by atoms with van der Waals surface area (Å²) in [6.45, 7) is 2.16. The SMILES string of the molecule is O=C1CC(CCl)CN1c1ccccc1OC1CCOCC1. The smallest absolute Gasteiger partial charge is 0.227 e. The molecule has 114 valence electrons. The first kappa shape index (κ1) is 14.7. The average Bonchev–Trinajstić information content (AvgIpc) is 2.90. The van der Waals surface area contributed by atoms with Crippen LogP contribution in [-0.4, -0.2) is 37.6 Å². The molecule has 1 unspecified atom stereocenters. The highest BCUT2D eigenvalue weighted by molar-refractivity contribution is 6.18. The number of amides is 1. The van der Waals surface area contributed by atoms with Crippen LogP contribution in [0.1, 0.15) is 19.3 Å². The number of alkyl halides is 1. The van der Waals surface area contributed by atoms with Crippen LogP contribution in [0, 0.1) is 5.92 Å². The van der Waals surface area contributed by atoms with E-state index in [1.165, 1.54) is 0 Å². The summed E-state index contributed by atoms with van der Waals surface area (Å²) in [5.74, 6) is 1.66. The second kappa shape index (κ2) is 6.67. The first-order valence-corrected chi connectivity index (χ1v) is 8.01. The number of carbonyl (C=O) groups excluding carboxylic acids is 1. The third kappa shape index (κ3) is 3.33. The molecule has 0 aliphatic carbocycles. The third-order valence-electron chi connectivity index (χ3n) is 4.04. The summed E-state index contributed by atoms with van der Waals surface area (Å²) in [7, 11) is 0. The molecule has 1 aromatic carbocycles. The maximum Gasteiger partial charge on any atom is 0.227 e. The van der Waals surface area contributed by atoms with Crippen LogP contribution in [-0.2, 0) is 9.53 Å². The summed E-state index contributed by atoms with van der Waals surface area (Å²) in [5.41, 5.74) is 0.863. The van der Waals surface area contributed by atoms with Crippen LogP contribution in [0.3, 0.4) is 0 Å². The lowest BCUT2D eigenvalue weighted by Gasteiger charge is -2.26. The fourth-order valence-electron chi connectivity index (χ4n) is 2.87. The Morgan fingerprint density at radius 3 is 2.76 bits per heavy atom. The normalized spacial score (nSPS) is 23.6. The number of nitrogens with zero attached hydrogens (tertiary/aromatic N) is 1. The summed E-state index contributed by atoms with van der Waals surface area (Å²) in [6.07, 6.45) is 2.48. The Labute approximate surface area is 130 Å². The van der Waals surface area contributed by atoms with E-state index in [0.29, 0.717) is 18.8 Å². The molecule has 1 amide bonds. The molecule has 2 saturated heterocycles.